The predicted octanol–water partition coefficient (Wildman–Crippen LogP) is 4.13. The monoisotopic (exact) mass is 300 g/mol. The van der Waals surface area contributed by atoms with Crippen molar-refractivity contribution in [2.24, 2.45) is 0 Å². The Kier molecular flexibility index (Phi) is 5.31. The third-order valence-electron chi connectivity index (χ3n) is 3.07. The van der Waals surface area contributed by atoms with E-state index in [0.717, 1.165) is 5.56 Å². The first-order valence-electron chi connectivity index (χ1n) is 6.93. The van der Waals surface area contributed by atoms with Gasteiger partial charge in [0.1, 0.15) is 5.75 Å². The Bertz CT molecular complexity index is 692. The van der Waals surface area contributed by atoms with Gasteiger partial charge in [0.2, 0.25) is 0 Å². The lowest BCUT2D eigenvalue weighted by atomic mass is 10.1. The average Bonchev–Trinajstić information content (AvgIpc) is 2.54. The molecular formula is C18H17FO3. The molecule has 0 spiro atoms. The van der Waals surface area contributed by atoms with Gasteiger partial charge in [0.25, 0.3) is 0 Å². The first-order valence-corrected chi connectivity index (χ1v) is 6.93. The summed E-state index contributed by atoms with van der Waals surface area (Å²) in [6.07, 6.45) is 3.06. The van der Waals surface area contributed by atoms with Gasteiger partial charge in [-0.1, -0.05) is 18.2 Å². The van der Waals surface area contributed by atoms with Gasteiger partial charge in [0.15, 0.2) is 17.3 Å². The van der Waals surface area contributed by atoms with Crippen molar-refractivity contribution in [1.29, 1.82) is 0 Å². The van der Waals surface area contributed by atoms with Crippen LogP contribution < -0.4 is 9.47 Å². The molecule has 0 aliphatic rings. The van der Waals surface area contributed by atoms with Gasteiger partial charge in [-0.3, -0.25) is 4.79 Å². The smallest absolute Gasteiger partial charge is 0.185 e. The summed E-state index contributed by atoms with van der Waals surface area (Å²) in [5.74, 6) is -0.0264. The fourth-order valence-corrected chi connectivity index (χ4v) is 1.99. The van der Waals surface area contributed by atoms with Crippen LogP contribution in [0.25, 0.3) is 6.08 Å². The highest BCUT2D eigenvalue weighted by Gasteiger charge is 2.08. The third-order valence-corrected chi connectivity index (χ3v) is 3.07. The minimum absolute atomic E-state index is 0.113. The number of methoxy groups -OCH3 is 1. The minimum atomic E-state index is -0.559. The predicted molar refractivity (Wildman–Crippen MR) is 83.9 cm³/mol. The second kappa shape index (κ2) is 7.41. The van der Waals surface area contributed by atoms with Gasteiger partial charge in [-0.2, -0.15) is 0 Å². The maximum atomic E-state index is 13.6. The summed E-state index contributed by atoms with van der Waals surface area (Å²) in [6.45, 7) is 2.44. The average molecular weight is 300 g/mol. The van der Waals surface area contributed by atoms with E-state index < -0.39 is 5.82 Å². The summed E-state index contributed by atoms with van der Waals surface area (Å²) in [4.78, 5) is 12.1. The van der Waals surface area contributed by atoms with Gasteiger partial charge in [0.05, 0.1) is 13.7 Å². The Hall–Kier alpha value is -2.62. The number of halogens is 1. The maximum absolute atomic E-state index is 13.6. The largest absolute Gasteiger partial charge is 0.494 e. The summed E-state index contributed by atoms with van der Waals surface area (Å²) in [6, 6.07) is 11.5. The van der Waals surface area contributed by atoms with Crippen molar-refractivity contribution in [2.45, 2.75) is 6.92 Å². The Morgan fingerprint density at radius 3 is 2.64 bits per heavy atom. The second-order valence-corrected chi connectivity index (χ2v) is 4.52. The number of carbonyl (C=O) groups excluding carboxylic acids is 1. The van der Waals surface area contributed by atoms with Gasteiger partial charge in [-0.25, -0.2) is 4.39 Å². The van der Waals surface area contributed by atoms with Crippen molar-refractivity contribution in [2.75, 3.05) is 13.7 Å². The molecule has 0 aliphatic carbocycles. The Labute approximate surface area is 129 Å². The van der Waals surface area contributed by atoms with Crippen molar-refractivity contribution in [3.63, 3.8) is 0 Å². The van der Waals surface area contributed by atoms with Crippen molar-refractivity contribution < 1.29 is 18.7 Å². The molecule has 2 aromatic carbocycles. The van der Waals surface area contributed by atoms with Crippen LogP contribution in [0.1, 0.15) is 22.8 Å². The zero-order valence-electron chi connectivity index (χ0n) is 12.5. The van der Waals surface area contributed by atoms with Crippen LogP contribution in [-0.2, 0) is 0 Å². The molecule has 0 fully saturated rings. The number of ketones is 1. The van der Waals surface area contributed by atoms with Gasteiger partial charge in [-0.05, 0) is 43.3 Å². The highest BCUT2D eigenvalue weighted by Crippen LogP contribution is 2.21. The summed E-state index contributed by atoms with van der Waals surface area (Å²) in [5.41, 5.74) is 1.06. The highest BCUT2D eigenvalue weighted by molar-refractivity contribution is 6.07. The molecule has 4 heteroatoms. The fourth-order valence-electron chi connectivity index (χ4n) is 1.99. The number of allylic oxidation sites excluding steroid dienone is 1. The van der Waals surface area contributed by atoms with E-state index >= 15 is 0 Å². The zero-order chi connectivity index (χ0) is 15.9. The van der Waals surface area contributed by atoms with E-state index in [-0.39, 0.29) is 17.1 Å². The number of carbonyl (C=O) groups is 1. The van der Waals surface area contributed by atoms with Crippen molar-refractivity contribution in [3.05, 3.63) is 65.5 Å². The van der Waals surface area contributed by atoms with Gasteiger partial charge >= 0.3 is 0 Å². The number of para-hydroxylation sites is 1. The number of hydrogen-bond acceptors (Lipinski definition) is 3. The molecule has 0 radical (unpaired) electrons. The van der Waals surface area contributed by atoms with Crippen LogP contribution in [0.2, 0.25) is 0 Å². The number of benzene rings is 2. The molecule has 0 aromatic heterocycles. The molecule has 0 saturated heterocycles. The van der Waals surface area contributed by atoms with E-state index in [9.17, 15) is 9.18 Å². The SMILES string of the molecule is CCOc1ccccc1/C=C/C(=O)c1ccc(OC)c(F)c1. The van der Waals surface area contributed by atoms with Crippen LogP contribution in [0, 0.1) is 5.82 Å². The molecule has 22 heavy (non-hydrogen) atoms. The lowest BCUT2D eigenvalue weighted by Crippen LogP contribution is -1.97. The van der Waals surface area contributed by atoms with Gasteiger partial charge in [0, 0.05) is 11.1 Å². The van der Waals surface area contributed by atoms with Crippen molar-refractivity contribution in [3.8, 4) is 11.5 Å². The van der Waals surface area contributed by atoms with Crippen LogP contribution >= 0.6 is 0 Å². The van der Waals surface area contributed by atoms with Crippen LogP contribution in [0.3, 0.4) is 0 Å². The molecule has 2 rings (SSSR count). The van der Waals surface area contributed by atoms with E-state index in [1.165, 1.54) is 31.4 Å². The van der Waals surface area contributed by atoms with Crippen molar-refractivity contribution >= 4 is 11.9 Å². The molecule has 0 atom stereocenters. The third kappa shape index (κ3) is 3.73. The molecule has 0 N–H and O–H groups in total. The van der Waals surface area contributed by atoms with Crippen LogP contribution in [0.15, 0.2) is 48.5 Å². The molecule has 0 amide bonds. The molecule has 0 saturated carbocycles. The molecule has 0 heterocycles. The summed E-state index contributed by atoms with van der Waals surface area (Å²) in [7, 11) is 1.38. The Balaban J connectivity index is 2.20. The quantitative estimate of drug-likeness (QED) is 0.594. The standard InChI is InChI=1S/C18H17FO3/c1-3-22-17-7-5-4-6-13(17)8-10-16(20)14-9-11-18(21-2)15(19)12-14/h4-12H,3H2,1-2H3/b10-8+. The zero-order valence-corrected chi connectivity index (χ0v) is 12.5. The maximum Gasteiger partial charge on any atom is 0.185 e. The number of hydrogen-bond donors (Lipinski definition) is 0. The molecule has 3 nitrogen and oxygen atoms in total. The lowest BCUT2D eigenvalue weighted by molar-refractivity contribution is 0.104. The lowest BCUT2D eigenvalue weighted by Gasteiger charge is -2.06. The molecule has 0 unspecified atom stereocenters. The molecule has 2 aromatic rings. The Morgan fingerprint density at radius 1 is 1.18 bits per heavy atom. The molecule has 0 bridgehead atoms. The van der Waals surface area contributed by atoms with E-state index in [2.05, 4.69) is 0 Å². The number of ether oxygens (including phenoxy) is 2. The van der Waals surface area contributed by atoms with Crippen LogP contribution in [-0.4, -0.2) is 19.5 Å². The van der Waals surface area contributed by atoms with Gasteiger partial charge < -0.3 is 9.47 Å². The van der Waals surface area contributed by atoms with E-state index in [4.69, 9.17) is 9.47 Å². The molecule has 0 aliphatic heterocycles. The first-order chi connectivity index (χ1) is 10.7. The van der Waals surface area contributed by atoms with Crippen LogP contribution in [0.5, 0.6) is 11.5 Å². The highest BCUT2D eigenvalue weighted by atomic mass is 19.1. The minimum Gasteiger partial charge on any atom is -0.494 e. The second-order valence-electron chi connectivity index (χ2n) is 4.52. The first kappa shape index (κ1) is 15.8. The van der Waals surface area contributed by atoms with E-state index in [0.29, 0.717) is 12.4 Å². The topological polar surface area (TPSA) is 35.5 Å². The summed E-state index contributed by atoms with van der Waals surface area (Å²) >= 11 is 0. The van der Waals surface area contributed by atoms with E-state index in [1.807, 2.05) is 31.2 Å². The molecular weight excluding hydrogens is 283 g/mol. The normalized spacial score (nSPS) is 10.7. The summed E-state index contributed by atoms with van der Waals surface area (Å²) < 4.78 is 23.9. The van der Waals surface area contributed by atoms with E-state index in [1.54, 1.807) is 6.08 Å². The van der Waals surface area contributed by atoms with Crippen LogP contribution in [0.4, 0.5) is 4.39 Å². The number of rotatable bonds is 6. The fraction of sp³-hybridized carbons (Fsp3) is 0.167. The van der Waals surface area contributed by atoms with Crippen molar-refractivity contribution in [1.82, 2.24) is 0 Å². The Morgan fingerprint density at radius 2 is 1.95 bits per heavy atom. The summed E-state index contributed by atoms with van der Waals surface area (Å²) in [5, 5.41) is 0. The molecule has 114 valence electrons. The van der Waals surface area contributed by atoms with Gasteiger partial charge in [-0.15, -0.1) is 0 Å².